The smallest absolute Gasteiger partial charge is 0.328 e. The molecule has 1 unspecified atom stereocenters. The van der Waals surface area contributed by atoms with Crippen LogP contribution < -0.4 is 16.6 Å². The fraction of sp³-hybridized carbons (Fsp3) is 0.667. The molecular formula is C12H19N3O3. The lowest BCUT2D eigenvalue weighted by Crippen LogP contribution is -2.35. The highest BCUT2D eigenvalue weighted by Gasteiger charge is 2.14. The summed E-state index contributed by atoms with van der Waals surface area (Å²) in [5.74, 6) is 0. The average molecular weight is 253 g/mol. The number of ether oxygens (including phenoxy) is 1. The van der Waals surface area contributed by atoms with Gasteiger partial charge in [0, 0.05) is 38.0 Å². The molecule has 1 aromatic heterocycles. The summed E-state index contributed by atoms with van der Waals surface area (Å²) >= 11 is 0. The first-order valence-corrected chi connectivity index (χ1v) is 6.29. The molecular weight excluding hydrogens is 234 g/mol. The van der Waals surface area contributed by atoms with Gasteiger partial charge in [0.2, 0.25) is 0 Å². The minimum atomic E-state index is -0.357. The summed E-state index contributed by atoms with van der Waals surface area (Å²) in [7, 11) is 0. The number of rotatable bonds is 5. The summed E-state index contributed by atoms with van der Waals surface area (Å²) in [6.45, 7) is 4.59. The third-order valence-corrected chi connectivity index (χ3v) is 3.11. The van der Waals surface area contributed by atoms with Gasteiger partial charge in [-0.3, -0.25) is 14.3 Å². The van der Waals surface area contributed by atoms with Crippen molar-refractivity contribution >= 4 is 0 Å². The number of aryl methyl sites for hydroxylation is 1. The second-order valence-corrected chi connectivity index (χ2v) is 4.60. The maximum Gasteiger partial charge on any atom is 0.328 e. The fourth-order valence-corrected chi connectivity index (χ4v) is 2.05. The molecule has 1 saturated heterocycles. The van der Waals surface area contributed by atoms with Crippen molar-refractivity contribution in [3.63, 3.8) is 0 Å². The van der Waals surface area contributed by atoms with E-state index >= 15 is 0 Å². The van der Waals surface area contributed by atoms with E-state index in [-0.39, 0.29) is 11.2 Å². The molecule has 100 valence electrons. The number of hydrogen-bond donors (Lipinski definition) is 2. The number of nitrogens with one attached hydrogen (secondary N) is 2. The van der Waals surface area contributed by atoms with Crippen molar-refractivity contribution in [2.45, 2.75) is 32.4 Å². The van der Waals surface area contributed by atoms with Gasteiger partial charge in [-0.1, -0.05) is 0 Å². The van der Waals surface area contributed by atoms with E-state index in [1.165, 1.54) is 4.57 Å². The van der Waals surface area contributed by atoms with E-state index in [4.69, 9.17) is 4.74 Å². The molecule has 2 rings (SSSR count). The predicted molar refractivity (Wildman–Crippen MR) is 67.9 cm³/mol. The van der Waals surface area contributed by atoms with Crippen molar-refractivity contribution in [1.82, 2.24) is 14.9 Å². The molecule has 0 saturated carbocycles. The second-order valence-electron chi connectivity index (χ2n) is 4.60. The van der Waals surface area contributed by atoms with E-state index in [1.54, 1.807) is 13.1 Å². The minimum Gasteiger partial charge on any atom is -0.377 e. The Morgan fingerprint density at radius 3 is 3.11 bits per heavy atom. The topological polar surface area (TPSA) is 76.1 Å². The third-order valence-electron chi connectivity index (χ3n) is 3.11. The van der Waals surface area contributed by atoms with Gasteiger partial charge in [-0.2, -0.15) is 0 Å². The Labute approximate surface area is 105 Å². The van der Waals surface area contributed by atoms with Gasteiger partial charge in [-0.05, 0) is 19.8 Å². The van der Waals surface area contributed by atoms with Crippen LogP contribution in [0.2, 0.25) is 0 Å². The van der Waals surface area contributed by atoms with Gasteiger partial charge in [-0.25, -0.2) is 4.79 Å². The highest BCUT2D eigenvalue weighted by Crippen LogP contribution is 2.10. The van der Waals surface area contributed by atoms with E-state index in [0.29, 0.717) is 24.8 Å². The van der Waals surface area contributed by atoms with Crippen LogP contribution in [0.5, 0.6) is 0 Å². The van der Waals surface area contributed by atoms with Crippen LogP contribution in [0.3, 0.4) is 0 Å². The molecule has 6 nitrogen and oxygen atoms in total. The first-order valence-electron chi connectivity index (χ1n) is 6.29. The standard InChI is InChI=1S/C12H19N3O3/c1-9-8-15(12(17)14-11(9)16)5-4-13-7-10-3-2-6-18-10/h8,10,13H,2-7H2,1H3,(H,14,16,17). The Balaban J connectivity index is 1.81. The fourth-order valence-electron chi connectivity index (χ4n) is 2.05. The Morgan fingerprint density at radius 2 is 2.39 bits per heavy atom. The monoisotopic (exact) mass is 253 g/mol. The van der Waals surface area contributed by atoms with Crippen LogP contribution in [0.15, 0.2) is 15.8 Å². The quantitative estimate of drug-likeness (QED) is 0.701. The van der Waals surface area contributed by atoms with Crippen molar-refractivity contribution in [3.8, 4) is 0 Å². The van der Waals surface area contributed by atoms with E-state index in [9.17, 15) is 9.59 Å². The SMILES string of the molecule is Cc1cn(CCNCC2CCCO2)c(=O)[nH]c1=O. The van der Waals surface area contributed by atoms with Crippen LogP contribution in [0.1, 0.15) is 18.4 Å². The van der Waals surface area contributed by atoms with Gasteiger partial charge >= 0.3 is 5.69 Å². The van der Waals surface area contributed by atoms with Crippen molar-refractivity contribution < 1.29 is 4.74 Å². The summed E-state index contributed by atoms with van der Waals surface area (Å²) in [5, 5.41) is 3.26. The molecule has 0 bridgehead atoms. The summed E-state index contributed by atoms with van der Waals surface area (Å²) < 4.78 is 7.00. The summed E-state index contributed by atoms with van der Waals surface area (Å²) in [6.07, 6.45) is 4.13. The maximum absolute atomic E-state index is 11.5. The van der Waals surface area contributed by atoms with E-state index in [2.05, 4.69) is 10.3 Å². The molecule has 2 N–H and O–H groups in total. The first-order chi connectivity index (χ1) is 8.66. The van der Waals surface area contributed by atoms with Crippen LogP contribution in [0, 0.1) is 6.92 Å². The number of aromatic nitrogens is 2. The zero-order chi connectivity index (χ0) is 13.0. The van der Waals surface area contributed by atoms with Crippen LogP contribution in [-0.2, 0) is 11.3 Å². The lowest BCUT2D eigenvalue weighted by molar-refractivity contribution is 0.110. The van der Waals surface area contributed by atoms with Crippen molar-refractivity contribution in [3.05, 3.63) is 32.6 Å². The van der Waals surface area contributed by atoms with Crippen LogP contribution in [0.25, 0.3) is 0 Å². The molecule has 0 aromatic carbocycles. The molecule has 18 heavy (non-hydrogen) atoms. The van der Waals surface area contributed by atoms with E-state index in [1.807, 2.05) is 0 Å². The summed E-state index contributed by atoms with van der Waals surface area (Å²) in [5.41, 5.74) is -0.123. The molecule has 0 aliphatic carbocycles. The first kappa shape index (κ1) is 13.0. The Kier molecular flexibility index (Phi) is 4.33. The van der Waals surface area contributed by atoms with Gasteiger partial charge in [0.05, 0.1) is 6.10 Å². The largest absolute Gasteiger partial charge is 0.377 e. The predicted octanol–water partition coefficient (Wildman–Crippen LogP) is -0.386. The molecule has 2 heterocycles. The third kappa shape index (κ3) is 3.30. The number of H-pyrrole nitrogens is 1. The summed E-state index contributed by atoms with van der Waals surface area (Å²) in [6, 6.07) is 0. The Morgan fingerprint density at radius 1 is 1.56 bits per heavy atom. The Hall–Kier alpha value is -1.40. The summed E-state index contributed by atoms with van der Waals surface area (Å²) in [4.78, 5) is 25.0. The molecule has 1 aromatic rings. The molecule has 6 heteroatoms. The van der Waals surface area contributed by atoms with Crippen LogP contribution in [0.4, 0.5) is 0 Å². The minimum absolute atomic E-state index is 0.305. The lowest BCUT2D eigenvalue weighted by atomic mass is 10.2. The van der Waals surface area contributed by atoms with Crippen molar-refractivity contribution in [2.75, 3.05) is 19.7 Å². The average Bonchev–Trinajstić information content (AvgIpc) is 2.84. The van der Waals surface area contributed by atoms with Gasteiger partial charge in [0.25, 0.3) is 5.56 Å². The maximum atomic E-state index is 11.5. The van der Waals surface area contributed by atoms with Crippen molar-refractivity contribution in [1.29, 1.82) is 0 Å². The van der Waals surface area contributed by atoms with Gasteiger partial charge in [0.1, 0.15) is 0 Å². The number of hydrogen-bond acceptors (Lipinski definition) is 4. The molecule has 1 aliphatic heterocycles. The second kappa shape index (κ2) is 5.97. The zero-order valence-corrected chi connectivity index (χ0v) is 10.6. The van der Waals surface area contributed by atoms with Crippen LogP contribution in [-0.4, -0.2) is 35.4 Å². The molecule has 0 radical (unpaired) electrons. The molecule has 0 amide bonds. The van der Waals surface area contributed by atoms with E-state index < -0.39 is 0 Å². The number of nitrogens with zero attached hydrogens (tertiary/aromatic N) is 1. The molecule has 1 atom stereocenters. The zero-order valence-electron chi connectivity index (χ0n) is 10.6. The van der Waals surface area contributed by atoms with Crippen LogP contribution >= 0.6 is 0 Å². The Bertz CT molecular complexity index is 500. The molecule has 0 spiro atoms. The normalized spacial score (nSPS) is 19.3. The van der Waals surface area contributed by atoms with E-state index in [0.717, 1.165) is 26.0 Å². The van der Waals surface area contributed by atoms with Gasteiger partial charge in [-0.15, -0.1) is 0 Å². The lowest BCUT2D eigenvalue weighted by Gasteiger charge is -2.11. The number of aromatic amines is 1. The van der Waals surface area contributed by atoms with Gasteiger partial charge in [0.15, 0.2) is 0 Å². The molecule has 1 fully saturated rings. The van der Waals surface area contributed by atoms with Gasteiger partial charge < -0.3 is 10.1 Å². The highest BCUT2D eigenvalue weighted by molar-refractivity contribution is 5.00. The molecule has 1 aliphatic rings. The highest BCUT2D eigenvalue weighted by atomic mass is 16.5. The van der Waals surface area contributed by atoms with Crippen molar-refractivity contribution in [2.24, 2.45) is 0 Å².